The van der Waals surface area contributed by atoms with Crippen molar-refractivity contribution in [3.05, 3.63) is 55.9 Å². The van der Waals surface area contributed by atoms with Gasteiger partial charge in [0, 0.05) is 17.3 Å². The zero-order valence-corrected chi connectivity index (χ0v) is 21.5. The number of nitrogens with two attached hydrogens (primary N) is 1. The first-order valence-corrected chi connectivity index (χ1v) is 12.2. The summed E-state index contributed by atoms with van der Waals surface area (Å²) in [4.78, 5) is 40.6. The molecule has 0 saturated heterocycles. The molecule has 0 fully saturated rings. The number of hydrogen-bond acceptors (Lipinski definition) is 7. The molecule has 2 aromatic rings. The van der Waals surface area contributed by atoms with Crippen LogP contribution in [0.25, 0.3) is 0 Å². The van der Waals surface area contributed by atoms with Crippen LogP contribution in [0.3, 0.4) is 0 Å². The third-order valence-electron chi connectivity index (χ3n) is 3.97. The molecular weight excluding hydrogens is 584 g/mol. The predicted molar refractivity (Wildman–Crippen MR) is 130 cm³/mol. The summed E-state index contributed by atoms with van der Waals surface area (Å²) in [6, 6.07) is 5.37. The van der Waals surface area contributed by atoms with E-state index in [1.54, 1.807) is 6.92 Å². The van der Waals surface area contributed by atoms with Gasteiger partial charge in [0.1, 0.15) is 10.6 Å². The smallest absolute Gasteiger partial charge is 0.475 e. The number of H-pyrrole nitrogens is 1. The maximum atomic E-state index is 12.8. The lowest BCUT2D eigenvalue weighted by molar-refractivity contribution is -0.192. The van der Waals surface area contributed by atoms with E-state index in [0.717, 1.165) is 6.07 Å². The van der Waals surface area contributed by atoms with Crippen LogP contribution in [0.1, 0.15) is 11.3 Å². The summed E-state index contributed by atoms with van der Waals surface area (Å²) >= 11 is 11.8. The van der Waals surface area contributed by atoms with Gasteiger partial charge in [-0.3, -0.25) is 24.6 Å². The number of carboxylic acid groups (broad SMARTS) is 1. The molecule has 8 N–H and O–H groups in total. The number of aromatic nitrogens is 1. The van der Waals surface area contributed by atoms with E-state index in [-0.39, 0.29) is 51.7 Å². The standard InChI is InChI=1S/C17H20Cl2N6O5S.C2HF3O2/c1-9-6-10(7-14(26)22-4-5-30-24-17(20)21)15(16(27)23-9)25-31(28,29)13-8-11(18)2-3-12(13)19;3-2(4,5)1(6)7/h2-3,6,8,25H,4-5,7H2,1H3,(H,22,26)(H,23,27)(H4,20,21,24);(H,6,7). The van der Waals surface area contributed by atoms with Crippen molar-refractivity contribution < 1.29 is 41.1 Å². The number of guanidine groups is 1. The van der Waals surface area contributed by atoms with E-state index in [1.807, 2.05) is 0 Å². The van der Waals surface area contributed by atoms with Gasteiger partial charge in [0.05, 0.1) is 18.1 Å². The second-order valence-corrected chi connectivity index (χ2v) is 9.55. The number of aryl methyl sites for hydroxylation is 1. The summed E-state index contributed by atoms with van der Waals surface area (Å²) < 4.78 is 59.5. The molecule has 1 aromatic carbocycles. The number of alkyl halides is 3. The molecule has 38 heavy (non-hydrogen) atoms. The minimum atomic E-state index is -5.08. The monoisotopic (exact) mass is 604 g/mol. The Morgan fingerprint density at radius 2 is 1.84 bits per heavy atom. The van der Waals surface area contributed by atoms with Crippen molar-refractivity contribution in [3.8, 4) is 0 Å². The molecule has 13 nitrogen and oxygen atoms in total. The maximum Gasteiger partial charge on any atom is 0.490 e. The van der Waals surface area contributed by atoms with Crippen molar-refractivity contribution in [2.45, 2.75) is 24.4 Å². The summed E-state index contributed by atoms with van der Waals surface area (Å²) in [6.45, 7) is 1.70. The highest BCUT2D eigenvalue weighted by Crippen LogP contribution is 2.27. The molecule has 210 valence electrons. The lowest BCUT2D eigenvalue weighted by atomic mass is 10.1. The highest BCUT2D eigenvalue weighted by atomic mass is 35.5. The number of sulfonamides is 1. The Labute approximate surface area is 223 Å². The summed E-state index contributed by atoms with van der Waals surface area (Å²) in [5, 5.41) is 16.7. The quantitative estimate of drug-likeness (QED) is 0.0953. The van der Waals surface area contributed by atoms with E-state index in [4.69, 9.17) is 49.1 Å². The van der Waals surface area contributed by atoms with E-state index in [9.17, 15) is 31.2 Å². The molecule has 0 saturated carbocycles. The van der Waals surface area contributed by atoms with Crippen LogP contribution in [-0.2, 0) is 30.9 Å². The molecule has 0 unspecified atom stereocenters. The van der Waals surface area contributed by atoms with Crippen molar-refractivity contribution in [2.75, 3.05) is 17.9 Å². The van der Waals surface area contributed by atoms with Crippen molar-refractivity contribution >= 4 is 56.7 Å². The van der Waals surface area contributed by atoms with Gasteiger partial charge in [-0.15, -0.1) is 0 Å². The predicted octanol–water partition coefficient (Wildman–Crippen LogP) is 1.50. The van der Waals surface area contributed by atoms with Gasteiger partial charge < -0.3 is 21.1 Å². The highest BCUT2D eigenvalue weighted by Gasteiger charge is 2.38. The highest BCUT2D eigenvalue weighted by molar-refractivity contribution is 7.92. The number of anilines is 1. The second-order valence-electron chi connectivity index (χ2n) is 7.06. The number of carbonyl (C=O) groups excluding carboxylic acids is 1. The summed E-state index contributed by atoms with van der Waals surface area (Å²) in [5.74, 6) is -3.63. The van der Waals surface area contributed by atoms with E-state index in [0.29, 0.717) is 5.69 Å². The van der Waals surface area contributed by atoms with E-state index < -0.39 is 33.6 Å². The van der Waals surface area contributed by atoms with Crippen LogP contribution in [0.15, 0.2) is 34.0 Å². The molecular formula is C19H21Cl2F3N6O7S. The lowest BCUT2D eigenvalue weighted by Crippen LogP contribution is -2.35. The number of carboxylic acids is 1. The Kier molecular flexibility index (Phi) is 11.8. The third-order valence-corrected chi connectivity index (χ3v) is 6.04. The van der Waals surface area contributed by atoms with Gasteiger partial charge in [-0.05, 0) is 36.8 Å². The number of hydroxylamine groups is 1. The van der Waals surface area contributed by atoms with E-state index in [2.05, 4.69) is 20.5 Å². The Hall–Kier alpha value is -3.54. The number of nitrogens with one attached hydrogen (secondary N) is 5. The Morgan fingerprint density at radius 1 is 1.24 bits per heavy atom. The first-order valence-electron chi connectivity index (χ1n) is 9.93. The summed E-state index contributed by atoms with van der Waals surface area (Å²) in [5.41, 5.74) is 6.71. The fourth-order valence-electron chi connectivity index (χ4n) is 2.49. The molecule has 1 aromatic heterocycles. The van der Waals surface area contributed by atoms with Crippen LogP contribution in [0.5, 0.6) is 0 Å². The van der Waals surface area contributed by atoms with Crippen molar-refractivity contribution in [3.63, 3.8) is 0 Å². The van der Waals surface area contributed by atoms with Crippen LogP contribution in [0.2, 0.25) is 10.0 Å². The van der Waals surface area contributed by atoms with Gasteiger partial charge in [-0.1, -0.05) is 23.2 Å². The Bertz CT molecular complexity index is 1350. The van der Waals surface area contributed by atoms with Gasteiger partial charge in [0.25, 0.3) is 15.6 Å². The number of benzene rings is 1. The Balaban J connectivity index is 0.000000905. The second kappa shape index (κ2) is 13.8. The number of amides is 1. The zero-order chi connectivity index (χ0) is 29.3. The molecule has 1 heterocycles. The van der Waals surface area contributed by atoms with Crippen LogP contribution < -0.4 is 26.8 Å². The molecule has 0 aliphatic rings. The molecule has 0 atom stereocenters. The first-order chi connectivity index (χ1) is 17.4. The molecule has 2 rings (SSSR count). The molecule has 19 heteroatoms. The Morgan fingerprint density at radius 3 is 2.39 bits per heavy atom. The van der Waals surface area contributed by atoms with Crippen molar-refractivity contribution in [1.29, 1.82) is 5.41 Å². The minimum absolute atomic E-state index is 0.0203. The third kappa shape index (κ3) is 10.8. The molecule has 0 spiro atoms. The number of hydrogen-bond donors (Lipinski definition) is 7. The van der Waals surface area contributed by atoms with Crippen LogP contribution in [0, 0.1) is 12.3 Å². The average molecular weight is 605 g/mol. The van der Waals surface area contributed by atoms with E-state index >= 15 is 0 Å². The number of aromatic amines is 1. The average Bonchev–Trinajstić information content (AvgIpc) is 2.77. The van der Waals surface area contributed by atoms with Gasteiger partial charge in [-0.2, -0.15) is 13.2 Å². The fourth-order valence-corrected chi connectivity index (χ4v) is 4.35. The van der Waals surface area contributed by atoms with Crippen LogP contribution >= 0.6 is 23.2 Å². The normalized spacial score (nSPS) is 11.1. The van der Waals surface area contributed by atoms with Gasteiger partial charge in [-0.25, -0.2) is 18.7 Å². The van der Waals surface area contributed by atoms with Gasteiger partial charge >= 0.3 is 12.1 Å². The SMILES string of the molecule is Cc1cc(CC(=O)NCCONC(=N)N)c(NS(=O)(=O)c2cc(Cl)ccc2Cl)c(=O)[nH]1.O=C(O)C(F)(F)F. The van der Waals surface area contributed by atoms with Gasteiger partial charge in [0.15, 0.2) is 0 Å². The lowest BCUT2D eigenvalue weighted by Gasteiger charge is -2.14. The number of rotatable bonds is 9. The van der Waals surface area contributed by atoms with Gasteiger partial charge in [0.2, 0.25) is 11.9 Å². The minimum Gasteiger partial charge on any atom is -0.475 e. The molecule has 0 bridgehead atoms. The maximum absolute atomic E-state index is 12.8. The number of halogens is 5. The topological polar surface area (TPSA) is 217 Å². The van der Waals surface area contributed by atoms with Crippen LogP contribution in [0.4, 0.5) is 18.9 Å². The molecule has 0 aliphatic carbocycles. The molecule has 1 amide bonds. The zero-order valence-electron chi connectivity index (χ0n) is 19.2. The van der Waals surface area contributed by atoms with Crippen molar-refractivity contribution in [1.82, 2.24) is 15.8 Å². The fraction of sp³-hybridized carbons (Fsp3) is 0.263. The van der Waals surface area contributed by atoms with Crippen molar-refractivity contribution in [2.24, 2.45) is 5.73 Å². The number of pyridine rings is 1. The largest absolute Gasteiger partial charge is 0.490 e. The summed E-state index contributed by atoms with van der Waals surface area (Å²) in [7, 11) is -4.27. The molecule has 0 aliphatic heterocycles. The number of carbonyl (C=O) groups is 2. The number of aliphatic carboxylic acids is 1. The van der Waals surface area contributed by atoms with Crippen LogP contribution in [-0.4, -0.2) is 55.7 Å². The molecule has 0 radical (unpaired) electrons. The van der Waals surface area contributed by atoms with E-state index in [1.165, 1.54) is 18.2 Å². The first kappa shape index (κ1) is 32.5. The summed E-state index contributed by atoms with van der Waals surface area (Å²) in [6.07, 6.45) is -5.37.